The third-order valence-corrected chi connectivity index (χ3v) is 3.98. The molecule has 0 unspecified atom stereocenters. The first-order chi connectivity index (χ1) is 8.67. The Morgan fingerprint density at radius 2 is 2.22 bits per heavy atom. The summed E-state index contributed by atoms with van der Waals surface area (Å²) in [5, 5.41) is 0. The van der Waals surface area contributed by atoms with E-state index in [1.165, 1.54) is 0 Å². The monoisotopic (exact) mass is 335 g/mol. The fourth-order valence-electron chi connectivity index (χ4n) is 1.39. The Morgan fingerprint density at radius 3 is 2.78 bits per heavy atom. The third kappa shape index (κ3) is 5.48. The number of thiophene rings is 1. The molecule has 0 saturated carbocycles. The summed E-state index contributed by atoms with van der Waals surface area (Å²) in [5.41, 5.74) is 0. The lowest BCUT2D eigenvalue weighted by Gasteiger charge is -2.20. The summed E-state index contributed by atoms with van der Waals surface area (Å²) in [5.74, 6) is 0.0122. The molecule has 0 aliphatic heterocycles. The minimum Gasteiger partial charge on any atom is -0.382 e. The first kappa shape index (κ1) is 15.6. The summed E-state index contributed by atoms with van der Waals surface area (Å²) in [7, 11) is 1.61. The molecule has 0 bridgehead atoms. The Kier molecular flexibility index (Phi) is 7.50. The van der Waals surface area contributed by atoms with Crippen molar-refractivity contribution < 1.29 is 14.3 Å². The molecule has 0 aliphatic rings. The van der Waals surface area contributed by atoms with E-state index in [9.17, 15) is 4.79 Å². The fraction of sp³-hybridized carbons (Fsp3) is 0.583. The van der Waals surface area contributed by atoms with Crippen LogP contribution in [-0.4, -0.2) is 44.3 Å². The number of likely N-dealkylation sites (N-methyl/N-ethyl adjacent to an activating group) is 1. The number of carbonyl (C=O) groups excluding carboxylic acids is 1. The fourth-order valence-corrected chi connectivity index (χ4v) is 2.89. The van der Waals surface area contributed by atoms with Crippen molar-refractivity contribution in [2.45, 2.75) is 13.5 Å². The van der Waals surface area contributed by atoms with Crippen LogP contribution in [0, 0.1) is 0 Å². The van der Waals surface area contributed by atoms with Gasteiger partial charge in [0.05, 0.1) is 23.5 Å². The van der Waals surface area contributed by atoms with E-state index in [1.807, 2.05) is 19.1 Å². The lowest BCUT2D eigenvalue weighted by Crippen LogP contribution is -2.33. The molecule has 0 aliphatic carbocycles. The molecule has 18 heavy (non-hydrogen) atoms. The molecular formula is C12H18BrNO3S. The van der Waals surface area contributed by atoms with E-state index in [4.69, 9.17) is 9.47 Å². The molecule has 1 amide bonds. The van der Waals surface area contributed by atoms with Crippen molar-refractivity contribution in [1.82, 2.24) is 4.90 Å². The molecule has 0 atom stereocenters. The van der Waals surface area contributed by atoms with E-state index in [-0.39, 0.29) is 12.5 Å². The van der Waals surface area contributed by atoms with Crippen molar-refractivity contribution >= 4 is 33.2 Å². The van der Waals surface area contributed by atoms with Gasteiger partial charge in [0.15, 0.2) is 0 Å². The van der Waals surface area contributed by atoms with Gasteiger partial charge in [-0.3, -0.25) is 4.79 Å². The molecule has 0 spiro atoms. The van der Waals surface area contributed by atoms with E-state index >= 15 is 0 Å². The smallest absolute Gasteiger partial charge is 0.248 e. The quantitative estimate of drug-likeness (QED) is 0.685. The van der Waals surface area contributed by atoms with E-state index in [0.29, 0.717) is 26.3 Å². The molecule has 1 heterocycles. The second-order valence-electron chi connectivity index (χ2n) is 3.66. The lowest BCUT2D eigenvalue weighted by atomic mass is 10.4. The van der Waals surface area contributed by atoms with E-state index in [0.717, 1.165) is 8.66 Å². The lowest BCUT2D eigenvalue weighted by molar-refractivity contribution is -0.136. The highest BCUT2D eigenvalue weighted by Gasteiger charge is 2.13. The summed E-state index contributed by atoms with van der Waals surface area (Å²) >= 11 is 5.06. The van der Waals surface area contributed by atoms with Crippen LogP contribution in [0.2, 0.25) is 0 Å². The van der Waals surface area contributed by atoms with Gasteiger partial charge in [-0.15, -0.1) is 11.3 Å². The van der Waals surface area contributed by atoms with Gasteiger partial charge in [-0.1, -0.05) is 0 Å². The molecule has 1 aromatic heterocycles. The van der Waals surface area contributed by atoms with Crippen LogP contribution >= 0.6 is 27.3 Å². The topological polar surface area (TPSA) is 38.8 Å². The van der Waals surface area contributed by atoms with Crippen LogP contribution in [0.5, 0.6) is 0 Å². The first-order valence-corrected chi connectivity index (χ1v) is 7.37. The molecule has 0 N–H and O–H groups in total. The van der Waals surface area contributed by atoms with E-state index in [1.54, 1.807) is 23.3 Å². The predicted octanol–water partition coefficient (Wildman–Crippen LogP) is 2.52. The van der Waals surface area contributed by atoms with Crippen molar-refractivity contribution in [2.24, 2.45) is 0 Å². The number of rotatable bonds is 8. The zero-order valence-corrected chi connectivity index (χ0v) is 13.1. The summed E-state index contributed by atoms with van der Waals surface area (Å²) in [4.78, 5) is 14.8. The van der Waals surface area contributed by atoms with Crippen LogP contribution in [0.3, 0.4) is 0 Å². The number of halogens is 1. The SMILES string of the molecule is CCN(Cc1ccc(Br)s1)C(=O)COCCOC. The maximum Gasteiger partial charge on any atom is 0.248 e. The molecule has 102 valence electrons. The standard InChI is InChI=1S/C12H18BrNO3S/c1-3-14(8-10-4-5-11(13)18-10)12(15)9-17-7-6-16-2/h4-5H,3,6-9H2,1-2H3. The number of nitrogens with zero attached hydrogens (tertiary/aromatic N) is 1. The molecule has 4 nitrogen and oxygen atoms in total. The van der Waals surface area contributed by atoms with Crippen LogP contribution in [0.1, 0.15) is 11.8 Å². The van der Waals surface area contributed by atoms with Gasteiger partial charge in [-0.05, 0) is 35.0 Å². The molecule has 0 saturated heterocycles. The molecule has 1 rings (SSSR count). The van der Waals surface area contributed by atoms with Crippen molar-refractivity contribution in [1.29, 1.82) is 0 Å². The van der Waals surface area contributed by atoms with Crippen molar-refractivity contribution in [3.63, 3.8) is 0 Å². The molecule has 0 fully saturated rings. The third-order valence-electron chi connectivity index (χ3n) is 2.37. The first-order valence-electron chi connectivity index (χ1n) is 5.76. The summed E-state index contributed by atoms with van der Waals surface area (Å²) < 4.78 is 11.2. The highest BCUT2D eigenvalue weighted by atomic mass is 79.9. The minimum absolute atomic E-state index is 0.0122. The Balaban J connectivity index is 2.37. The summed E-state index contributed by atoms with van der Waals surface area (Å²) in [6, 6.07) is 4.02. The average molecular weight is 336 g/mol. The molecular weight excluding hydrogens is 318 g/mol. The van der Waals surface area contributed by atoms with Crippen LogP contribution in [0.15, 0.2) is 15.9 Å². The number of carbonyl (C=O) groups is 1. The summed E-state index contributed by atoms with van der Waals surface area (Å²) in [6.07, 6.45) is 0. The van der Waals surface area contributed by atoms with Crippen LogP contribution < -0.4 is 0 Å². The molecule has 0 radical (unpaired) electrons. The Hall–Kier alpha value is -0.430. The number of hydrogen-bond acceptors (Lipinski definition) is 4. The van der Waals surface area contributed by atoms with Crippen LogP contribution in [0.4, 0.5) is 0 Å². The molecule has 6 heteroatoms. The van der Waals surface area contributed by atoms with Gasteiger partial charge in [0.2, 0.25) is 5.91 Å². The van der Waals surface area contributed by atoms with Crippen molar-refractivity contribution in [3.8, 4) is 0 Å². The molecule has 1 aromatic rings. The van der Waals surface area contributed by atoms with Gasteiger partial charge >= 0.3 is 0 Å². The zero-order valence-electron chi connectivity index (χ0n) is 10.6. The second-order valence-corrected chi connectivity index (χ2v) is 6.21. The number of amides is 1. The van der Waals surface area contributed by atoms with Gasteiger partial charge < -0.3 is 14.4 Å². The van der Waals surface area contributed by atoms with E-state index in [2.05, 4.69) is 15.9 Å². The highest BCUT2D eigenvalue weighted by Crippen LogP contribution is 2.23. The summed E-state index contributed by atoms with van der Waals surface area (Å²) in [6.45, 7) is 4.36. The number of ether oxygens (including phenoxy) is 2. The Bertz CT molecular complexity index is 370. The Morgan fingerprint density at radius 1 is 1.44 bits per heavy atom. The van der Waals surface area contributed by atoms with E-state index < -0.39 is 0 Å². The van der Waals surface area contributed by atoms with Crippen LogP contribution in [-0.2, 0) is 20.8 Å². The number of hydrogen-bond donors (Lipinski definition) is 0. The highest BCUT2D eigenvalue weighted by molar-refractivity contribution is 9.11. The van der Waals surface area contributed by atoms with Gasteiger partial charge in [0, 0.05) is 18.5 Å². The van der Waals surface area contributed by atoms with Gasteiger partial charge in [0.25, 0.3) is 0 Å². The maximum absolute atomic E-state index is 11.9. The second kappa shape index (κ2) is 8.63. The van der Waals surface area contributed by atoms with Gasteiger partial charge in [0.1, 0.15) is 6.61 Å². The Labute approximate surface area is 120 Å². The largest absolute Gasteiger partial charge is 0.382 e. The van der Waals surface area contributed by atoms with Crippen molar-refractivity contribution in [2.75, 3.05) is 33.5 Å². The minimum atomic E-state index is 0.0122. The average Bonchev–Trinajstić information content (AvgIpc) is 2.77. The van der Waals surface area contributed by atoms with Crippen molar-refractivity contribution in [3.05, 3.63) is 20.8 Å². The number of methoxy groups -OCH3 is 1. The van der Waals surface area contributed by atoms with Crippen LogP contribution in [0.25, 0.3) is 0 Å². The van der Waals surface area contributed by atoms with Gasteiger partial charge in [-0.2, -0.15) is 0 Å². The predicted molar refractivity (Wildman–Crippen MR) is 75.8 cm³/mol. The van der Waals surface area contributed by atoms with Gasteiger partial charge in [-0.25, -0.2) is 0 Å². The normalized spacial score (nSPS) is 10.6. The molecule has 0 aromatic carbocycles. The zero-order chi connectivity index (χ0) is 13.4. The maximum atomic E-state index is 11.9.